The number of amides is 6. The summed E-state index contributed by atoms with van der Waals surface area (Å²) in [5.41, 5.74) is 2.90. The van der Waals surface area contributed by atoms with E-state index in [4.69, 9.17) is 0 Å². The quantitative estimate of drug-likeness (QED) is 0.0843. The molecular weight excluding hydrogens is 941 g/mol. The summed E-state index contributed by atoms with van der Waals surface area (Å²) in [6.45, 7) is 4.82. The molecule has 6 amide bonds. The molecule has 3 unspecified atom stereocenters. The predicted octanol–water partition coefficient (Wildman–Crippen LogP) is 3.06. The monoisotopic (exact) mass is 1010 g/mol. The van der Waals surface area contributed by atoms with Crippen LogP contribution < -0.4 is 31.9 Å². The molecule has 0 radical (unpaired) electrons. The van der Waals surface area contributed by atoms with E-state index in [0.29, 0.717) is 62.0 Å². The smallest absolute Gasteiger partial charge is 0.246 e. The Morgan fingerprint density at radius 3 is 1.34 bits per heavy atom. The van der Waals surface area contributed by atoms with Crippen LogP contribution in [-0.2, 0) is 41.9 Å². The second-order valence-electron chi connectivity index (χ2n) is 21.3. The summed E-state index contributed by atoms with van der Waals surface area (Å²) in [7, 11) is 3.41. The van der Waals surface area contributed by atoms with Gasteiger partial charge in [0.25, 0.3) is 0 Å². The number of carbonyl (C=O) groups excluding carboxylic acids is 6. The van der Waals surface area contributed by atoms with E-state index in [-0.39, 0.29) is 47.5 Å². The predicted molar refractivity (Wildman–Crippen MR) is 274 cm³/mol. The molecule has 4 aliphatic heterocycles. The van der Waals surface area contributed by atoms with Crippen molar-refractivity contribution in [3.8, 4) is 0 Å². The molecule has 2 aromatic carbocycles. The molecule has 20 nitrogen and oxygen atoms in total. The number of fused-ring (bicyclic) bond motifs is 2. The molecule has 1 aliphatic carbocycles. The second kappa shape index (κ2) is 23.8. The fourth-order valence-electron chi connectivity index (χ4n) is 11.9. The molecule has 6 heterocycles. The fourth-order valence-corrected chi connectivity index (χ4v) is 11.9. The lowest BCUT2D eigenvalue weighted by molar-refractivity contribution is -0.144. The highest BCUT2D eigenvalue weighted by Gasteiger charge is 2.46. The molecule has 2 aromatic heterocycles. The van der Waals surface area contributed by atoms with Gasteiger partial charge >= 0.3 is 0 Å². The Morgan fingerprint density at radius 2 is 0.946 bits per heavy atom. The van der Waals surface area contributed by atoms with E-state index in [1.807, 2.05) is 82.4 Å². The first-order valence-corrected chi connectivity index (χ1v) is 27.0. The number of nitrogens with one attached hydrogen (secondary N) is 6. The largest absolute Gasteiger partial charge is 0.343 e. The number of aromatic nitrogens is 6. The highest BCUT2D eigenvalue weighted by Crippen LogP contribution is 2.37. The van der Waals surface area contributed by atoms with Crippen LogP contribution in [0.1, 0.15) is 138 Å². The number of likely N-dealkylation sites (N-methyl/N-ethyl adjacent to an activating group) is 2. The molecular formula is C54H74N14O6. The van der Waals surface area contributed by atoms with Crippen molar-refractivity contribution >= 4 is 35.4 Å². The summed E-state index contributed by atoms with van der Waals surface area (Å²) in [6, 6.07) is 14.4. The van der Waals surface area contributed by atoms with Crippen LogP contribution in [0.3, 0.4) is 0 Å². The Kier molecular flexibility index (Phi) is 16.8. The van der Waals surface area contributed by atoms with Crippen LogP contribution in [0.4, 0.5) is 0 Å². The van der Waals surface area contributed by atoms with Gasteiger partial charge in [0.05, 0.1) is 36.6 Å². The standard InChI is InChI=1S/C54H74N14O6/c1-33(55-3)49(69)57-41-21-13-11-19-39-23-25-45(67(39)53(41)73)51(71)59-47(37-15-7-5-8-16-37)43-31-65(63-61-43)29-35-27-36(28-35)30-66-32-44(62-64-66)48(38-17-9-6-10-18-38)60-52(72)46-26-24-40-20-12-14-22-42(54(74)68(40)46)58-50(70)34(2)56-4/h5-10,15-18,31-36,39-42,45-48,55-56H,11-14,19-30H2,1-4H3,(H,57,69)(H,58,70)(H,59,71)(H,60,72)/t33-,34-,35?,36?,39-,40?,41-,42-,45-,46-,47?,48?/m0/s1. The van der Waals surface area contributed by atoms with E-state index in [0.717, 1.165) is 75.3 Å². The van der Waals surface area contributed by atoms with Crippen molar-refractivity contribution in [1.29, 1.82) is 0 Å². The number of hydrogen-bond donors (Lipinski definition) is 6. The SMILES string of the molecule is CN[C@@H](C)C(=O)N[C@H]1CCCCC2CC[C@@H](C(=O)NC(c3ccccc3)c3cn(CC4CC(Cn5cc(C(NC(=O)[C@@H]6CC[C@@H]7CCCC[C@H](NC(=O)[C@H](C)NC)C(=O)N76)c6ccccc6)nn5)C4)nn3)N2C1=O. The van der Waals surface area contributed by atoms with E-state index in [2.05, 4.69) is 52.5 Å². The lowest BCUT2D eigenvalue weighted by Crippen LogP contribution is -2.58. The zero-order valence-electron chi connectivity index (χ0n) is 43.2. The van der Waals surface area contributed by atoms with Gasteiger partial charge in [0.1, 0.15) is 35.6 Å². The van der Waals surface area contributed by atoms with E-state index in [1.165, 1.54) is 0 Å². The van der Waals surface area contributed by atoms with E-state index < -0.39 is 48.3 Å². The van der Waals surface area contributed by atoms with Crippen molar-refractivity contribution in [2.45, 2.75) is 177 Å². The number of benzene rings is 2. The number of hydrogen-bond acceptors (Lipinski definition) is 12. The molecule has 0 bridgehead atoms. The van der Waals surface area contributed by atoms with E-state index >= 15 is 0 Å². The van der Waals surface area contributed by atoms with E-state index in [1.54, 1.807) is 37.7 Å². The van der Waals surface area contributed by atoms with Crippen LogP contribution in [0.15, 0.2) is 73.1 Å². The first-order valence-electron chi connectivity index (χ1n) is 27.0. The molecule has 9 rings (SSSR count). The molecule has 10 atom stereocenters. The zero-order chi connectivity index (χ0) is 51.9. The van der Waals surface area contributed by atoms with Gasteiger partial charge in [0.15, 0.2) is 0 Å². The summed E-state index contributed by atoms with van der Waals surface area (Å²) < 4.78 is 3.69. The van der Waals surface area contributed by atoms with Gasteiger partial charge in [-0.2, -0.15) is 0 Å². The van der Waals surface area contributed by atoms with Crippen molar-refractivity contribution in [2.24, 2.45) is 11.8 Å². The van der Waals surface area contributed by atoms with Gasteiger partial charge in [-0.05, 0) is 115 Å². The molecule has 5 aliphatic rings. The molecule has 396 valence electrons. The maximum atomic E-state index is 14.3. The molecule has 20 heteroatoms. The summed E-state index contributed by atoms with van der Waals surface area (Å²) in [4.78, 5) is 86.2. The number of carbonyl (C=O) groups is 6. The Hall–Kier alpha value is -6.54. The molecule has 0 spiro atoms. The Bertz CT molecular complexity index is 2410. The average molecular weight is 1020 g/mol. The average Bonchev–Trinajstić information content (AvgIpc) is 4.24. The molecule has 4 aromatic rings. The highest BCUT2D eigenvalue weighted by molar-refractivity contribution is 5.95. The number of nitrogens with zero attached hydrogens (tertiary/aromatic N) is 8. The van der Waals surface area contributed by atoms with Gasteiger partial charge in [0.2, 0.25) is 35.4 Å². The lowest BCUT2D eigenvalue weighted by atomic mass is 9.75. The van der Waals surface area contributed by atoms with Crippen LogP contribution in [0.5, 0.6) is 0 Å². The summed E-state index contributed by atoms with van der Waals surface area (Å²) >= 11 is 0. The van der Waals surface area contributed by atoms with Gasteiger partial charge in [-0.1, -0.05) is 96.8 Å². The minimum Gasteiger partial charge on any atom is -0.343 e. The molecule has 74 heavy (non-hydrogen) atoms. The van der Waals surface area contributed by atoms with Crippen molar-refractivity contribution in [2.75, 3.05) is 14.1 Å². The summed E-state index contributed by atoms with van der Waals surface area (Å²) in [5.74, 6) is -0.696. The molecule has 1 saturated carbocycles. The maximum absolute atomic E-state index is 14.3. The maximum Gasteiger partial charge on any atom is 0.246 e. The van der Waals surface area contributed by atoms with Crippen LogP contribution >= 0.6 is 0 Å². The third-order valence-electron chi connectivity index (χ3n) is 16.3. The molecule has 5 fully saturated rings. The third-order valence-corrected chi connectivity index (χ3v) is 16.3. The third kappa shape index (κ3) is 11.9. The van der Waals surface area contributed by atoms with E-state index in [9.17, 15) is 28.8 Å². The van der Waals surface area contributed by atoms with Gasteiger partial charge < -0.3 is 41.7 Å². The lowest BCUT2D eigenvalue weighted by Gasteiger charge is -2.36. The van der Waals surface area contributed by atoms with Gasteiger partial charge in [-0.3, -0.25) is 38.1 Å². The Morgan fingerprint density at radius 1 is 0.554 bits per heavy atom. The van der Waals surface area contributed by atoms with Gasteiger partial charge in [0, 0.05) is 25.2 Å². The fraction of sp³-hybridized carbons (Fsp3) is 0.593. The first-order chi connectivity index (χ1) is 35.9. The normalized spacial score (nSPS) is 26.6. The zero-order valence-corrected chi connectivity index (χ0v) is 43.2. The molecule has 4 saturated heterocycles. The van der Waals surface area contributed by atoms with Crippen LogP contribution in [-0.4, -0.2) is 138 Å². The Labute approximate surface area is 433 Å². The minimum absolute atomic E-state index is 0.0637. The highest BCUT2D eigenvalue weighted by atomic mass is 16.2. The van der Waals surface area contributed by atoms with Crippen LogP contribution in [0, 0.1) is 11.8 Å². The van der Waals surface area contributed by atoms with Crippen molar-refractivity contribution in [1.82, 2.24) is 71.7 Å². The van der Waals surface area contributed by atoms with Crippen molar-refractivity contribution in [3.63, 3.8) is 0 Å². The van der Waals surface area contributed by atoms with Crippen LogP contribution in [0.25, 0.3) is 0 Å². The first kappa shape index (κ1) is 52.3. The van der Waals surface area contributed by atoms with Crippen molar-refractivity contribution in [3.05, 3.63) is 95.6 Å². The summed E-state index contributed by atoms with van der Waals surface area (Å²) in [5, 5.41) is 36.5. The summed E-state index contributed by atoms with van der Waals surface area (Å²) in [6.07, 6.45) is 14.4. The van der Waals surface area contributed by atoms with Crippen LogP contribution in [0.2, 0.25) is 0 Å². The molecule has 6 N–H and O–H groups in total. The second-order valence-corrected chi connectivity index (χ2v) is 21.3. The topological polar surface area (TPSA) is 242 Å². The van der Waals surface area contributed by atoms with Crippen molar-refractivity contribution < 1.29 is 28.8 Å². The Balaban J connectivity index is 0.819. The van der Waals surface area contributed by atoms with Gasteiger partial charge in [-0.25, -0.2) is 0 Å². The van der Waals surface area contributed by atoms with Gasteiger partial charge in [-0.15, -0.1) is 10.2 Å². The number of rotatable bonds is 18. The minimum atomic E-state index is -0.689.